The van der Waals surface area contributed by atoms with Crippen LogP contribution in [0.3, 0.4) is 0 Å². The van der Waals surface area contributed by atoms with E-state index < -0.39 is 5.60 Å². The highest BCUT2D eigenvalue weighted by Gasteiger charge is 2.41. The first-order valence-electron chi connectivity index (χ1n) is 7.15. The predicted molar refractivity (Wildman–Crippen MR) is 86.7 cm³/mol. The quantitative estimate of drug-likeness (QED) is 0.926. The van der Waals surface area contributed by atoms with E-state index in [1.165, 1.54) is 11.1 Å². The van der Waals surface area contributed by atoms with Crippen molar-refractivity contribution in [3.05, 3.63) is 35.4 Å². The van der Waals surface area contributed by atoms with Crippen LogP contribution in [0.25, 0.3) is 0 Å². The Balaban J connectivity index is 0.00000220. The zero-order chi connectivity index (χ0) is 14.6. The predicted octanol–water partition coefficient (Wildman–Crippen LogP) is 2.14. The highest BCUT2D eigenvalue weighted by atomic mass is 35.5. The summed E-state index contributed by atoms with van der Waals surface area (Å²) in [5.41, 5.74) is 1.75. The Morgan fingerprint density at radius 2 is 1.95 bits per heavy atom. The number of hydrogen-bond acceptors (Lipinski definition) is 3. The van der Waals surface area contributed by atoms with Crippen molar-refractivity contribution in [3.8, 4) is 0 Å². The molecule has 1 aliphatic heterocycles. The molecule has 0 bridgehead atoms. The summed E-state index contributed by atoms with van der Waals surface area (Å²) < 4.78 is 5.60. The van der Waals surface area contributed by atoms with Gasteiger partial charge in [0.25, 0.3) is 5.91 Å². The largest absolute Gasteiger partial charge is 0.368 e. The minimum Gasteiger partial charge on any atom is -0.368 e. The fraction of sp³-hybridized carbons (Fsp3) is 0.562. The molecule has 0 unspecified atom stereocenters. The SMILES string of the molecule is COC1(C(=O)N(C)Cc2ccccc2C)CCNCC1.Cl. The lowest BCUT2D eigenvalue weighted by Crippen LogP contribution is -2.54. The third kappa shape index (κ3) is 3.96. The topological polar surface area (TPSA) is 41.6 Å². The minimum atomic E-state index is -0.650. The minimum absolute atomic E-state index is 0. The van der Waals surface area contributed by atoms with Crippen LogP contribution < -0.4 is 5.32 Å². The Labute approximate surface area is 133 Å². The number of nitrogens with one attached hydrogen (secondary N) is 1. The van der Waals surface area contributed by atoms with Gasteiger partial charge in [-0.25, -0.2) is 0 Å². The molecule has 0 atom stereocenters. The smallest absolute Gasteiger partial charge is 0.254 e. The summed E-state index contributed by atoms with van der Waals surface area (Å²) in [5.74, 6) is 0.0877. The molecule has 1 aliphatic rings. The summed E-state index contributed by atoms with van der Waals surface area (Å²) in [6.07, 6.45) is 1.47. The second-order valence-corrected chi connectivity index (χ2v) is 5.54. The van der Waals surface area contributed by atoms with Crippen LogP contribution in [0.4, 0.5) is 0 Å². The second-order valence-electron chi connectivity index (χ2n) is 5.54. The fourth-order valence-corrected chi connectivity index (χ4v) is 2.80. The van der Waals surface area contributed by atoms with Gasteiger partial charge in [-0.1, -0.05) is 24.3 Å². The zero-order valence-electron chi connectivity index (χ0n) is 13.0. The molecule has 1 fully saturated rings. The number of carbonyl (C=O) groups excluding carboxylic acids is 1. The van der Waals surface area contributed by atoms with E-state index in [0.29, 0.717) is 6.54 Å². The summed E-state index contributed by atoms with van der Waals surface area (Å²) in [4.78, 5) is 14.5. The van der Waals surface area contributed by atoms with E-state index >= 15 is 0 Å². The monoisotopic (exact) mass is 312 g/mol. The maximum absolute atomic E-state index is 12.7. The molecule has 118 valence electrons. The van der Waals surface area contributed by atoms with Crippen LogP contribution >= 0.6 is 12.4 Å². The molecule has 0 radical (unpaired) electrons. The van der Waals surface area contributed by atoms with E-state index in [1.807, 2.05) is 19.2 Å². The van der Waals surface area contributed by atoms with Crippen molar-refractivity contribution in [1.82, 2.24) is 10.2 Å². The van der Waals surface area contributed by atoms with E-state index in [2.05, 4.69) is 24.4 Å². The van der Waals surface area contributed by atoms with Gasteiger partial charge in [-0.2, -0.15) is 0 Å². The lowest BCUT2D eigenvalue weighted by atomic mass is 9.90. The van der Waals surface area contributed by atoms with E-state index in [4.69, 9.17) is 4.74 Å². The van der Waals surface area contributed by atoms with Crippen LogP contribution in [-0.2, 0) is 16.1 Å². The molecule has 0 spiro atoms. The first kappa shape index (κ1) is 18.0. The van der Waals surface area contributed by atoms with Crippen LogP contribution in [0.15, 0.2) is 24.3 Å². The van der Waals surface area contributed by atoms with Gasteiger partial charge in [-0.05, 0) is 44.0 Å². The fourth-order valence-electron chi connectivity index (χ4n) is 2.80. The van der Waals surface area contributed by atoms with Crippen LogP contribution in [0.1, 0.15) is 24.0 Å². The number of piperidine rings is 1. The molecule has 0 aliphatic carbocycles. The molecule has 1 saturated heterocycles. The molecule has 2 rings (SSSR count). The van der Waals surface area contributed by atoms with Gasteiger partial charge in [0.05, 0.1) is 0 Å². The summed E-state index contributed by atoms with van der Waals surface area (Å²) in [6.45, 7) is 4.36. The maximum Gasteiger partial charge on any atom is 0.254 e. The van der Waals surface area contributed by atoms with Gasteiger partial charge in [-0.15, -0.1) is 12.4 Å². The van der Waals surface area contributed by atoms with Crippen molar-refractivity contribution in [2.45, 2.75) is 31.9 Å². The lowest BCUT2D eigenvalue weighted by molar-refractivity contribution is -0.157. The van der Waals surface area contributed by atoms with Gasteiger partial charge >= 0.3 is 0 Å². The van der Waals surface area contributed by atoms with Gasteiger partial charge < -0.3 is 15.0 Å². The van der Waals surface area contributed by atoms with Gasteiger partial charge in [0.2, 0.25) is 0 Å². The first-order valence-corrected chi connectivity index (χ1v) is 7.15. The number of aryl methyl sites for hydroxylation is 1. The lowest BCUT2D eigenvalue weighted by Gasteiger charge is -2.37. The number of ether oxygens (including phenoxy) is 1. The van der Waals surface area contributed by atoms with Gasteiger partial charge in [0.1, 0.15) is 5.60 Å². The average Bonchev–Trinajstić information content (AvgIpc) is 2.49. The van der Waals surface area contributed by atoms with Crippen LogP contribution in [-0.4, -0.2) is 43.7 Å². The van der Waals surface area contributed by atoms with Gasteiger partial charge in [-0.3, -0.25) is 4.79 Å². The van der Waals surface area contributed by atoms with Crippen molar-refractivity contribution in [2.24, 2.45) is 0 Å². The number of hydrogen-bond donors (Lipinski definition) is 1. The molecule has 0 saturated carbocycles. The van der Waals surface area contributed by atoms with E-state index in [9.17, 15) is 4.79 Å². The number of nitrogens with zero attached hydrogens (tertiary/aromatic N) is 1. The number of methoxy groups -OCH3 is 1. The molecular weight excluding hydrogens is 288 g/mol. The average molecular weight is 313 g/mol. The zero-order valence-corrected chi connectivity index (χ0v) is 13.8. The normalized spacial score (nSPS) is 16.9. The molecule has 1 N–H and O–H groups in total. The molecule has 0 aromatic heterocycles. The standard InChI is InChI=1S/C16H24N2O2.ClH/c1-13-6-4-5-7-14(13)12-18(2)15(19)16(20-3)8-10-17-11-9-16;/h4-7,17H,8-12H2,1-3H3;1H. The van der Waals surface area contributed by atoms with Crippen molar-refractivity contribution in [1.29, 1.82) is 0 Å². The molecule has 1 aromatic rings. The van der Waals surface area contributed by atoms with Crippen molar-refractivity contribution < 1.29 is 9.53 Å². The molecule has 1 heterocycles. The number of likely N-dealkylation sites (N-methyl/N-ethyl adjacent to an activating group) is 1. The molecule has 4 nitrogen and oxygen atoms in total. The van der Waals surface area contributed by atoms with Gasteiger partial charge in [0.15, 0.2) is 0 Å². The second kappa shape index (κ2) is 7.78. The highest BCUT2D eigenvalue weighted by molar-refractivity contribution is 5.85. The first-order chi connectivity index (χ1) is 9.59. The Bertz CT molecular complexity index is 473. The molecule has 1 aromatic carbocycles. The van der Waals surface area contributed by atoms with E-state index in [1.54, 1.807) is 12.0 Å². The van der Waals surface area contributed by atoms with Crippen LogP contribution in [0, 0.1) is 6.92 Å². The third-order valence-corrected chi connectivity index (χ3v) is 4.21. The van der Waals surface area contributed by atoms with E-state index in [0.717, 1.165) is 25.9 Å². The summed E-state index contributed by atoms with van der Waals surface area (Å²) in [7, 11) is 3.50. The number of carbonyl (C=O) groups is 1. The van der Waals surface area contributed by atoms with Crippen molar-refractivity contribution in [3.63, 3.8) is 0 Å². The summed E-state index contributed by atoms with van der Waals surface area (Å²) in [5, 5.41) is 3.28. The van der Waals surface area contributed by atoms with Crippen LogP contribution in [0.2, 0.25) is 0 Å². The number of benzene rings is 1. The number of amides is 1. The number of rotatable bonds is 4. The number of halogens is 1. The molecule has 5 heteroatoms. The Hall–Kier alpha value is -1.10. The molecule has 1 amide bonds. The van der Waals surface area contributed by atoms with E-state index in [-0.39, 0.29) is 18.3 Å². The third-order valence-electron chi connectivity index (χ3n) is 4.21. The Morgan fingerprint density at radius 3 is 2.52 bits per heavy atom. The summed E-state index contributed by atoms with van der Waals surface area (Å²) in [6, 6.07) is 8.17. The van der Waals surface area contributed by atoms with Gasteiger partial charge in [0, 0.05) is 20.7 Å². The Kier molecular flexibility index (Phi) is 6.65. The van der Waals surface area contributed by atoms with Crippen molar-refractivity contribution >= 4 is 18.3 Å². The highest BCUT2D eigenvalue weighted by Crippen LogP contribution is 2.25. The molecule has 21 heavy (non-hydrogen) atoms. The summed E-state index contributed by atoms with van der Waals surface area (Å²) >= 11 is 0. The van der Waals surface area contributed by atoms with Crippen molar-refractivity contribution in [2.75, 3.05) is 27.2 Å². The maximum atomic E-state index is 12.7. The van der Waals surface area contributed by atoms with Crippen LogP contribution in [0.5, 0.6) is 0 Å². The molecular formula is C16H25ClN2O2. The Morgan fingerprint density at radius 1 is 1.33 bits per heavy atom.